The number of amides is 1. The largest absolute Gasteiger partial charge is 0.595 e. The van der Waals surface area contributed by atoms with E-state index >= 15 is 0 Å². The number of hydrogen-bond donors (Lipinski definition) is 2. The third-order valence-electron chi connectivity index (χ3n) is 7.70. The number of para-hydroxylation sites is 1. The average molecular weight is 599 g/mol. The highest BCUT2D eigenvalue weighted by Crippen LogP contribution is 2.42. The predicted octanol–water partition coefficient (Wildman–Crippen LogP) is 5.90. The molecule has 7 rings (SSSR count). The van der Waals surface area contributed by atoms with Crippen molar-refractivity contribution in [3.05, 3.63) is 149 Å². The van der Waals surface area contributed by atoms with E-state index in [-0.39, 0.29) is 22.5 Å². The van der Waals surface area contributed by atoms with Crippen LogP contribution in [-0.2, 0) is 4.79 Å². The summed E-state index contributed by atoms with van der Waals surface area (Å²) in [6.07, 6.45) is 0. The van der Waals surface area contributed by atoms with Crippen LogP contribution in [-0.4, -0.2) is 26.4 Å². The van der Waals surface area contributed by atoms with Crippen molar-refractivity contribution < 1.29 is 15.2 Å². The van der Waals surface area contributed by atoms with Crippen molar-refractivity contribution in [3.8, 4) is 28.2 Å². The van der Waals surface area contributed by atoms with E-state index in [1.807, 2.05) is 103 Å². The number of benzene rings is 5. The first-order valence-electron chi connectivity index (χ1n) is 14.0. The Hall–Kier alpha value is -5.06. The first-order valence-corrected chi connectivity index (χ1v) is 15.1. The number of carbonyl (C=O) groups is 1. The van der Waals surface area contributed by atoms with Crippen molar-refractivity contribution in [1.82, 2.24) is 9.55 Å². The molecule has 8 nitrogen and oxygen atoms in total. The Morgan fingerprint density at radius 3 is 2.11 bits per heavy atom. The summed E-state index contributed by atoms with van der Waals surface area (Å²) in [5.74, 6) is 0.864. The molecule has 2 unspecified atom stereocenters. The second-order valence-electron chi connectivity index (χ2n) is 10.4. The van der Waals surface area contributed by atoms with E-state index < -0.39 is 5.23 Å². The molecule has 1 amide bonds. The lowest BCUT2D eigenvalue weighted by atomic mass is 10.0. The van der Waals surface area contributed by atoms with Gasteiger partial charge in [0, 0.05) is 23.4 Å². The Balaban J connectivity index is 1.20. The van der Waals surface area contributed by atoms with Crippen LogP contribution >= 0.6 is 11.8 Å². The minimum Gasteiger partial charge on any atom is -0.595 e. The molecule has 9 heteroatoms. The molecule has 2 N–H and O–H groups in total. The van der Waals surface area contributed by atoms with E-state index in [9.17, 15) is 20.0 Å². The van der Waals surface area contributed by atoms with E-state index in [0.29, 0.717) is 28.2 Å². The van der Waals surface area contributed by atoms with Gasteiger partial charge in [0.25, 0.3) is 5.56 Å². The quantitative estimate of drug-likeness (QED) is 0.232. The molecule has 2 atom stereocenters. The van der Waals surface area contributed by atoms with Gasteiger partial charge < -0.3 is 5.21 Å². The summed E-state index contributed by atoms with van der Waals surface area (Å²) in [5.41, 5.74) is 5.68. The lowest BCUT2D eigenvalue weighted by Gasteiger charge is -2.25. The van der Waals surface area contributed by atoms with Gasteiger partial charge in [-0.1, -0.05) is 78.9 Å². The summed E-state index contributed by atoms with van der Waals surface area (Å²) in [4.78, 5) is 33.2. The Morgan fingerprint density at radius 1 is 0.750 bits per heavy atom. The fourth-order valence-corrected chi connectivity index (χ4v) is 6.71. The number of nitrogens with one attached hydrogen (secondary N) is 1. The van der Waals surface area contributed by atoms with Crippen LogP contribution < -0.4 is 15.7 Å². The van der Waals surface area contributed by atoms with Crippen molar-refractivity contribution in [2.24, 2.45) is 0 Å². The molecule has 1 saturated heterocycles. The molecule has 216 valence electrons. The molecule has 0 radical (unpaired) electrons. The molecule has 44 heavy (non-hydrogen) atoms. The molecule has 1 fully saturated rings. The number of quaternary nitrogens is 1. The zero-order chi connectivity index (χ0) is 30.2. The second kappa shape index (κ2) is 11.6. The van der Waals surface area contributed by atoms with Crippen LogP contribution in [0, 0.1) is 5.21 Å². The predicted molar refractivity (Wildman–Crippen MR) is 173 cm³/mol. The van der Waals surface area contributed by atoms with Crippen LogP contribution in [0.25, 0.3) is 39.1 Å². The van der Waals surface area contributed by atoms with Gasteiger partial charge in [-0.2, -0.15) is 5.23 Å². The molecule has 0 bridgehead atoms. The first-order chi connectivity index (χ1) is 21.5. The number of fused-ring (bicyclic) bond motifs is 1. The maximum Gasteiger partial charge on any atom is 0.266 e. The van der Waals surface area contributed by atoms with E-state index in [1.54, 1.807) is 33.7 Å². The van der Waals surface area contributed by atoms with Crippen molar-refractivity contribution in [3.63, 3.8) is 0 Å². The summed E-state index contributed by atoms with van der Waals surface area (Å²) >= 11 is 1.48. The second-order valence-corrected chi connectivity index (χ2v) is 11.5. The third-order valence-corrected chi connectivity index (χ3v) is 8.91. The fraction of sp³-hybridized carbons (Fsp3) is 0.0571. The van der Waals surface area contributed by atoms with Crippen LogP contribution in [0.15, 0.2) is 132 Å². The van der Waals surface area contributed by atoms with Crippen LogP contribution in [0.3, 0.4) is 0 Å². The van der Waals surface area contributed by atoms with Gasteiger partial charge in [-0.25, -0.2) is 10.2 Å². The first kappa shape index (κ1) is 27.8. The van der Waals surface area contributed by atoms with Crippen LogP contribution in [0.1, 0.15) is 10.9 Å². The minimum atomic E-state index is -0.999. The highest BCUT2D eigenvalue weighted by atomic mass is 32.2. The number of hydrogen-bond acceptors (Lipinski definition) is 6. The van der Waals surface area contributed by atoms with Crippen LogP contribution in [0.2, 0.25) is 0 Å². The molecule has 1 aliphatic heterocycles. The van der Waals surface area contributed by atoms with Gasteiger partial charge in [0.05, 0.1) is 22.3 Å². The van der Waals surface area contributed by atoms with Gasteiger partial charge in [-0.05, 0) is 53.1 Å². The molecule has 0 saturated carbocycles. The number of thioether (sulfide) groups is 1. The Kier molecular flexibility index (Phi) is 7.29. The molecule has 5 aromatic carbocycles. The smallest absolute Gasteiger partial charge is 0.266 e. The van der Waals surface area contributed by atoms with E-state index in [1.165, 1.54) is 11.8 Å². The molecule has 6 aromatic rings. The van der Waals surface area contributed by atoms with Crippen molar-refractivity contribution in [1.29, 1.82) is 0 Å². The molecule has 0 aliphatic carbocycles. The van der Waals surface area contributed by atoms with Gasteiger partial charge in [-0.15, -0.1) is 11.8 Å². The summed E-state index contributed by atoms with van der Waals surface area (Å²) in [5, 5.41) is 20.2. The molecule has 1 aromatic heterocycles. The SMILES string of the molecule is O=C1CSC(c2cccc([NH+]([O-])O)c2)N1c1ccc(-c2ccc(-n3c(-c4ccccc4)nc4ccccc4c3=O)cc2)cc1. The molecular weight excluding hydrogens is 572 g/mol. The van der Waals surface area contributed by atoms with Crippen molar-refractivity contribution in [2.45, 2.75) is 5.37 Å². The zero-order valence-electron chi connectivity index (χ0n) is 23.3. The topological polar surface area (TPSA) is 103 Å². The molecule has 1 aliphatic rings. The lowest BCUT2D eigenvalue weighted by Crippen LogP contribution is -2.99. The van der Waals surface area contributed by atoms with Gasteiger partial charge in [0.2, 0.25) is 5.91 Å². The monoisotopic (exact) mass is 598 g/mol. The van der Waals surface area contributed by atoms with Crippen molar-refractivity contribution in [2.75, 3.05) is 10.7 Å². The van der Waals surface area contributed by atoms with Crippen LogP contribution in [0.4, 0.5) is 11.4 Å². The van der Waals surface area contributed by atoms with Gasteiger partial charge in [-0.3, -0.25) is 19.1 Å². The van der Waals surface area contributed by atoms with E-state index in [4.69, 9.17) is 4.98 Å². The number of rotatable bonds is 6. The van der Waals surface area contributed by atoms with E-state index in [2.05, 4.69) is 0 Å². The summed E-state index contributed by atoms with van der Waals surface area (Å²) < 4.78 is 1.65. The molecule has 0 spiro atoms. The number of aromatic nitrogens is 2. The number of nitrogens with zero attached hydrogens (tertiary/aromatic N) is 3. The van der Waals surface area contributed by atoms with Crippen molar-refractivity contribution >= 4 is 39.9 Å². The fourth-order valence-electron chi connectivity index (χ4n) is 5.55. The maximum atomic E-state index is 13.7. The van der Waals surface area contributed by atoms with Gasteiger partial charge in [0.1, 0.15) is 11.2 Å². The number of carbonyl (C=O) groups excluding carboxylic acids is 1. The highest BCUT2D eigenvalue weighted by Gasteiger charge is 2.34. The van der Waals surface area contributed by atoms with Gasteiger partial charge in [0.15, 0.2) is 5.69 Å². The maximum absolute atomic E-state index is 13.7. The molecular formula is C35H26N4O4S. The number of anilines is 1. The highest BCUT2D eigenvalue weighted by molar-refractivity contribution is 8.00. The lowest BCUT2D eigenvalue weighted by molar-refractivity contribution is -0.991. The van der Waals surface area contributed by atoms with Crippen LogP contribution in [0.5, 0.6) is 0 Å². The van der Waals surface area contributed by atoms with E-state index in [0.717, 1.165) is 27.9 Å². The third kappa shape index (κ3) is 5.08. The summed E-state index contributed by atoms with van der Waals surface area (Å²) in [6, 6.07) is 39.3. The summed E-state index contributed by atoms with van der Waals surface area (Å²) in [6.45, 7) is 0. The van der Waals surface area contributed by atoms with Gasteiger partial charge >= 0.3 is 0 Å². The minimum absolute atomic E-state index is 0.0264. The normalized spacial score (nSPS) is 15.5. The molecule has 2 heterocycles. The standard InChI is InChI=1S/C35H26N4O4S/c40-32-22-44-35(26-9-6-10-29(21-26)39(42)43)37(32)27-17-13-23(14-18-27)24-15-19-28(20-16-24)38-33(25-7-2-1-3-8-25)36-31-12-5-4-11-30(31)34(38)41/h1-21,35,39,42H,22H2. The Morgan fingerprint density at radius 2 is 1.41 bits per heavy atom. The zero-order valence-corrected chi connectivity index (χ0v) is 24.1. The summed E-state index contributed by atoms with van der Waals surface area (Å²) in [7, 11) is 0. The average Bonchev–Trinajstić information content (AvgIpc) is 3.46. The Labute approximate surface area is 257 Å². The Bertz CT molecular complexity index is 2050.